The Morgan fingerprint density at radius 1 is 0.971 bits per heavy atom. The highest BCUT2D eigenvalue weighted by atomic mass is 16.5. The van der Waals surface area contributed by atoms with E-state index in [1.165, 1.54) is 6.92 Å². The Kier molecular flexibility index (Phi) is 5.59. The molecule has 5 rings (SSSR count). The Morgan fingerprint density at radius 2 is 1.74 bits per heavy atom. The van der Waals surface area contributed by atoms with E-state index in [-0.39, 0.29) is 18.3 Å². The second kappa shape index (κ2) is 8.86. The lowest BCUT2D eigenvalue weighted by atomic mass is 10.3. The van der Waals surface area contributed by atoms with E-state index < -0.39 is 0 Å². The summed E-state index contributed by atoms with van der Waals surface area (Å²) in [5.74, 6) is 0.227. The van der Waals surface area contributed by atoms with Gasteiger partial charge in [0.05, 0.1) is 28.8 Å². The molecule has 9 heteroatoms. The van der Waals surface area contributed by atoms with Crippen LogP contribution in [0, 0.1) is 0 Å². The Balaban J connectivity index is 1.47. The SMILES string of the molecule is CCn1c(=O)n(-c2ccc(Oc3nc4ccccc4n3CCOC(C)=O)cc2)c2ncccc21. The number of para-hydroxylation sites is 2. The molecule has 0 N–H and O–H groups in total. The number of aromatic nitrogens is 5. The van der Waals surface area contributed by atoms with Crippen LogP contribution in [0.25, 0.3) is 27.9 Å². The van der Waals surface area contributed by atoms with Gasteiger partial charge >= 0.3 is 17.7 Å². The minimum atomic E-state index is -0.336. The first kappa shape index (κ1) is 21.4. The maximum absolute atomic E-state index is 13.0. The third-order valence-electron chi connectivity index (χ3n) is 5.55. The molecule has 0 radical (unpaired) electrons. The maximum Gasteiger partial charge on any atom is 0.334 e. The molecule has 5 aromatic rings. The quantitative estimate of drug-likeness (QED) is 0.344. The maximum atomic E-state index is 13.0. The van der Waals surface area contributed by atoms with Crippen LogP contribution >= 0.6 is 0 Å². The van der Waals surface area contributed by atoms with E-state index in [2.05, 4.69) is 9.97 Å². The van der Waals surface area contributed by atoms with Crippen molar-refractivity contribution in [3.63, 3.8) is 0 Å². The summed E-state index contributed by atoms with van der Waals surface area (Å²) >= 11 is 0. The number of pyridine rings is 1. The molecule has 0 aliphatic rings. The summed E-state index contributed by atoms with van der Waals surface area (Å²) in [5.41, 5.74) is 3.61. The van der Waals surface area contributed by atoms with Gasteiger partial charge in [-0.15, -0.1) is 0 Å². The minimum absolute atomic E-state index is 0.142. The number of aryl methyl sites for hydroxylation is 1. The zero-order chi connectivity index (χ0) is 23.7. The van der Waals surface area contributed by atoms with Gasteiger partial charge in [0.25, 0.3) is 0 Å². The number of hydrogen-bond donors (Lipinski definition) is 0. The van der Waals surface area contributed by atoms with Crippen LogP contribution in [-0.4, -0.2) is 36.2 Å². The van der Waals surface area contributed by atoms with Gasteiger partial charge in [-0.05, 0) is 55.5 Å². The van der Waals surface area contributed by atoms with Gasteiger partial charge in [-0.1, -0.05) is 12.1 Å². The van der Waals surface area contributed by atoms with Gasteiger partial charge in [0.1, 0.15) is 12.4 Å². The van der Waals surface area contributed by atoms with Crippen LogP contribution in [0.4, 0.5) is 0 Å². The van der Waals surface area contributed by atoms with Gasteiger partial charge in [-0.2, -0.15) is 4.98 Å². The van der Waals surface area contributed by atoms with E-state index in [9.17, 15) is 9.59 Å². The molecular formula is C25H23N5O4. The molecule has 9 nitrogen and oxygen atoms in total. The molecule has 2 aromatic carbocycles. The van der Waals surface area contributed by atoms with E-state index >= 15 is 0 Å². The van der Waals surface area contributed by atoms with Gasteiger partial charge in [0.2, 0.25) is 0 Å². The number of imidazole rings is 2. The van der Waals surface area contributed by atoms with Crippen molar-refractivity contribution in [1.82, 2.24) is 23.7 Å². The van der Waals surface area contributed by atoms with Crippen molar-refractivity contribution in [2.45, 2.75) is 26.9 Å². The first-order valence-corrected chi connectivity index (χ1v) is 11.0. The number of rotatable bonds is 7. The molecule has 0 saturated carbocycles. The van der Waals surface area contributed by atoms with Crippen LogP contribution in [0.1, 0.15) is 13.8 Å². The fraction of sp³-hybridized carbons (Fsp3) is 0.200. The molecule has 0 bridgehead atoms. The Bertz CT molecular complexity index is 1550. The molecule has 0 saturated heterocycles. The molecule has 0 aliphatic heterocycles. The van der Waals surface area contributed by atoms with Crippen LogP contribution in [0.15, 0.2) is 71.7 Å². The zero-order valence-electron chi connectivity index (χ0n) is 18.8. The first-order chi connectivity index (χ1) is 16.6. The van der Waals surface area contributed by atoms with Crippen molar-refractivity contribution in [2.24, 2.45) is 0 Å². The van der Waals surface area contributed by atoms with Crippen LogP contribution in [0.2, 0.25) is 0 Å². The molecule has 3 aromatic heterocycles. The van der Waals surface area contributed by atoms with Crippen LogP contribution < -0.4 is 10.4 Å². The van der Waals surface area contributed by atoms with Crippen molar-refractivity contribution in [1.29, 1.82) is 0 Å². The molecule has 0 aliphatic carbocycles. The lowest BCUT2D eigenvalue weighted by Crippen LogP contribution is -2.22. The van der Waals surface area contributed by atoms with E-state index in [1.807, 2.05) is 60.0 Å². The highest BCUT2D eigenvalue weighted by Gasteiger charge is 2.16. The van der Waals surface area contributed by atoms with Gasteiger partial charge < -0.3 is 9.47 Å². The standard InChI is InChI=1S/C25H23N5O4/c1-3-28-22-9-6-14-26-23(22)30(25(28)32)18-10-12-19(13-11-18)34-24-27-20-7-4-5-8-21(20)29(24)15-16-33-17(2)31/h4-14H,3,15-16H2,1-2H3. The van der Waals surface area contributed by atoms with Crippen molar-refractivity contribution in [3.8, 4) is 17.4 Å². The second-order valence-electron chi connectivity index (χ2n) is 7.68. The average molecular weight is 457 g/mol. The first-order valence-electron chi connectivity index (χ1n) is 11.0. The molecule has 3 heterocycles. The second-order valence-corrected chi connectivity index (χ2v) is 7.68. The Labute approximate surface area is 194 Å². The average Bonchev–Trinajstić information content (AvgIpc) is 3.33. The summed E-state index contributed by atoms with van der Waals surface area (Å²) in [6, 6.07) is 19.0. The molecule has 0 amide bonds. The lowest BCUT2D eigenvalue weighted by molar-refractivity contribution is -0.141. The number of fused-ring (bicyclic) bond motifs is 2. The fourth-order valence-corrected chi connectivity index (χ4v) is 4.02. The van der Waals surface area contributed by atoms with Crippen molar-refractivity contribution < 1.29 is 14.3 Å². The van der Waals surface area contributed by atoms with Crippen LogP contribution in [-0.2, 0) is 22.6 Å². The smallest absolute Gasteiger partial charge is 0.334 e. The number of esters is 1. The molecule has 0 spiro atoms. The molecule has 0 unspecified atom stereocenters. The summed E-state index contributed by atoms with van der Waals surface area (Å²) in [6.45, 7) is 4.48. The van der Waals surface area contributed by atoms with Crippen molar-refractivity contribution >= 4 is 28.2 Å². The van der Waals surface area contributed by atoms with E-state index in [1.54, 1.807) is 27.5 Å². The van der Waals surface area contributed by atoms with Gasteiger partial charge in [-0.25, -0.2) is 14.3 Å². The number of benzene rings is 2. The molecular weight excluding hydrogens is 434 g/mol. The topological polar surface area (TPSA) is 93.2 Å². The van der Waals surface area contributed by atoms with Gasteiger partial charge in [0, 0.05) is 19.7 Å². The monoisotopic (exact) mass is 457 g/mol. The normalized spacial score (nSPS) is 11.2. The summed E-state index contributed by atoms with van der Waals surface area (Å²) < 4.78 is 16.4. The zero-order valence-corrected chi connectivity index (χ0v) is 18.8. The summed E-state index contributed by atoms with van der Waals surface area (Å²) in [5, 5.41) is 0. The van der Waals surface area contributed by atoms with Crippen molar-refractivity contribution in [3.05, 3.63) is 77.3 Å². The third-order valence-corrected chi connectivity index (χ3v) is 5.55. The van der Waals surface area contributed by atoms with Crippen LogP contribution in [0.5, 0.6) is 11.8 Å². The molecule has 0 atom stereocenters. The number of carbonyl (C=O) groups excluding carboxylic acids is 1. The number of hydrogen-bond acceptors (Lipinski definition) is 6. The molecule has 172 valence electrons. The van der Waals surface area contributed by atoms with Gasteiger partial charge in [0.15, 0.2) is 5.65 Å². The van der Waals surface area contributed by atoms with E-state index in [0.29, 0.717) is 36.2 Å². The van der Waals surface area contributed by atoms with Gasteiger partial charge in [-0.3, -0.25) is 13.9 Å². The highest BCUT2D eigenvalue weighted by Crippen LogP contribution is 2.27. The largest absolute Gasteiger partial charge is 0.464 e. The van der Waals surface area contributed by atoms with E-state index in [0.717, 1.165) is 16.6 Å². The number of carbonyl (C=O) groups is 1. The Hall–Kier alpha value is -4.40. The van der Waals surface area contributed by atoms with Crippen molar-refractivity contribution in [2.75, 3.05) is 6.61 Å². The predicted molar refractivity (Wildman–Crippen MR) is 127 cm³/mol. The molecule has 0 fully saturated rings. The summed E-state index contributed by atoms with van der Waals surface area (Å²) in [6.07, 6.45) is 1.68. The molecule has 34 heavy (non-hydrogen) atoms. The highest BCUT2D eigenvalue weighted by molar-refractivity contribution is 5.77. The number of ether oxygens (including phenoxy) is 2. The minimum Gasteiger partial charge on any atom is -0.464 e. The van der Waals surface area contributed by atoms with E-state index in [4.69, 9.17) is 9.47 Å². The summed E-state index contributed by atoms with van der Waals surface area (Å²) in [4.78, 5) is 33.2. The summed E-state index contributed by atoms with van der Waals surface area (Å²) in [7, 11) is 0. The van der Waals surface area contributed by atoms with Crippen LogP contribution in [0.3, 0.4) is 0 Å². The Morgan fingerprint density at radius 3 is 2.50 bits per heavy atom. The fourth-order valence-electron chi connectivity index (χ4n) is 4.02. The number of nitrogens with zero attached hydrogens (tertiary/aromatic N) is 5. The third kappa shape index (κ3) is 3.81. The lowest BCUT2D eigenvalue weighted by Gasteiger charge is -2.10. The predicted octanol–water partition coefficient (Wildman–Crippen LogP) is 3.91.